The molecule has 204 valence electrons. The number of amides is 3. The highest BCUT2D eigenvalue weighted by atomic mass is 16.6. The third-order valence-corrected chi connectivity index (χ3v) is 6.25. The normalized spacial score (nSPS) is 14.0. The van der Waals surface area contributed by atoms with Crippen LogP contribution in [0.25, 0.3) is 16.9 Å². The number of nitrogens with one attached hydrogen (secondary N) is 1. The second-order valence-corrected chi connectivity index (χ2v) is 8.88. The summed E-state index contributed by atoms with van der Waals surface area (Å²) < 4.78 is 6.62. The van der Waals surface area contributed by atoms with Gasteiger partial charge in [0, 0.05) is 50.6 Å². The highest BCUT2D eigenvalue weighted by Crippen LogP contribution is 2.21. The maximum atomic E-state index is 13.4. The van der Waals surface area contributed by atoms with Crippen LogP contribution in [0.4, 0.5) is 4.79 Å². The Kier molecular flexibility index (Phi) is 8.87. The number of benzene rings is 1. The van der Waals surface area contributed by atoms with Crippen molar-refractivity contribution < 1.29 is 29.0 Å². The number of carboxylic acid groups (broad SMARTS) is 1. The Morgan fingerprint density at radius 3 is 2.38 bits per heavy atom. The molecule has 39 heavy (non-hydrogen) atoms. The van der Waals surface area contributed by atoms with Crippen molar-refractivity contribution in [3.63, 3.8) is 0 Å². The fraction of sp³-hybridized carbons (Fsp3) is 0.333. The summed E-state index contributed by atoms with van der Waals surface area (Å²) in [6.45, 7) is 3.00. The zero-order valence-corrected chi connectivity index (χ0v) is 21.5. The van der Waals surface area contributed by atoms with Gasteiger partial charge in [0.05, 0.1) is 18.0 Å². The van der Waals surface area contributed by atoms with Gasteiger partial charge in [-0.3, -0.25) is 14.4 Å². The van der Waals surface area contributed by atoms with Gasteiger partial charge in [-0.15, -0.1) is 0 Å². The number of rotatable bonds is 9. The van der Waals surface area contributed by atoms with Crippen LogP contribution in [0.1, 0.15) is 30.3 Å². The van der Waals surface area contributed by atoms with Crippen molar-refractivity contribution in [1.29, 1.82) is 0 Å². The van der Waals surface area contributed by atoms with E-state index in [1.807, 2.05) is 30.3 Å². The van der Waals surface area contributed by atoms with Crippen LogP contribution in [-0.2, 0) is 14.3 Å². The Labute approximate surface area is 225 Å². The summed E-state index contributed by atoms with van der Waals surface area (Å²) in [5.74, 6) is -2.12. The fourth-order valence-electron chi connectivity index (χ4n) is 4.25. The van der Waals surface area contributed by atoms with Crippen molar-refractivity contribution >= 4 is 23.9 Å². The van der Waals surface area contributed by atoms with Crippen molar-refractivity contribution in [2.45, 2.75) is 25.8 Å². The smallest absolute Gasteiger partial charge is 0.409 e. The minimum absolute atomic E-state index is 0.0575. The van der Waals surface area contributed by atoms with E-state index in [4.69, 9.17) is 4.74 Å². The van der Waals surface area contributed by atoms with Crippen LogP contribution in [0.5, 0.6) is 0 Å². The average molecular weight is 535 g/mol. The number of piperazine rings is 1. The third-order valence-electron chi connectivity index (χ3n) is 6.25. The molecule has 1 aliphatic heterocycles. The lowest BCUT2D eigenvalue weighted by atomic mass is 10.1. The van der Waals surface area contributed by atoms with Crippen LogP contribution >= 0.6 is 0 Å². The van der Waals surface area contributed by atoms with E-state index in [1.54, 1.807) is 42.2 Å². The maximum absolute atomic E-state index is 13.4. The van der Waals surface area contributed by atoms with Crippen molar-refractivity contribution in [1.82, 2.24) is 29.9 Å². The lowest BCUT2D eigenvalue weighted by molar-refractivity contribution is -0.138. The van der Waals surface area contributed by atoms with Crippen LogP contribution in [0, 0.1) is 0 Å². The van der Waals surface area contributed by atoms with Gasteiger partial charge in [0.25, 0.3) is 5.91 Å². The number of aromatic nitrogens is 3. The predicted octanol–water partition coefficient (Wildman–Crippen LogP) is 2.20. The van der Waals surface area contributed by atoms with Gasteiger partial charge in [0.1, 0.15) is 11.7 Å². The average Bonchev–Trinajstić information content (AvgIpc) is 3.50. The molecular weight excluding hydrogens is 504 g/mol. The molecule has 1 aromatic carbocycles. The van der Waals surface area contributed by atoms with E-state index >= 15 is 0 Å². The number of ether oxygens (including phenoxy) is 1. The van der Waals surface area contributed by atoms with E-state index in [1.165, 1.54) is 9.80 Å². The van der Waals surface area contributed by atoms with E-state index in [-0.39, 0.29) is 51.3 Å². The Morgan fingerprint density at radius 1 is 1.03 bits per heavy atom. The maximum Gasteiger partial charge on any atom is 0.409 e. The zero-order chi connectivity index (χ0) is 27.8. The Hall–Kier alpha value is -4.74. The molecule has 1 saturated heterocycles. The lowest BCUT2D eigenvalue weighted by Gasteiger charge is -2.35. The molecule has 1 unspecified atom stereocenters. The number of carboxylic acids is 1. The van der Waals surface area contributed by atoms with Crippen molar-refractivity contribution in [2.75, 3.05) is 32.8 Å². The molecule has 0 bridgehead atoms. The Bertz CT molecular complexity index is 1310. The van der Waals surface area contributed by atoms with Gasteiger partial charge in [-0.05, 0) is 31.5 Å². The molecular formula is C27H30N6O6. The van der Waals surface area contributed by atoms with Gasteiger partial charge < -0.3 is 25.0 Å². The van der Waals surface area contributed by atoms with Gasteiger partial charge >= 0.3 is 12.1 Å². The van der Waals surface area contributed by atoms with Crippen LogP contribution in [0.15, 0.2) is 60.9 Å². The fourth-order valence-corrected chi connectivity index (χ4v) is 4.25. The molecule has 0 aliphatic carbocycles. The molecule has 12 nitrogen and oxygen atoms in total. The Balaban J connectivity index is 1.55. The number of carbonyl (C=O) groups excluding carboxylic acids is 3. The monoisotopic (exact) mass is 534 g/mol. The third kappa shape index (κ3) is 6.98. The zero-order valence-electron chi connectivity index (χ0n) is 21.5. The summed E-state index contributed by atoms with van der Waals surface area (Å²) in [7, 11) is 0. The van der Waals surface area contributed by atoms with Gasteiger partial charge in [0.15, 0.2) is 0 Å². The van der Waals surface area contributed by atoms with Crippen molar-refractivity contribution in [3.05, 3.63) is 66.6 Å². The summed E-state index contributed by atoms with van der Waals surface area (Å²) in [6.07, 6.45) is 2.50. The highest BCUT2D eigenvalue weighted by Gasteiger charge is 2.31. The molecule has 1 atom stereocenters. The minimum Gasteiger partial charge on any atom is -0.481 e. The molecule has 3 amide bonds. The Morgan fingerprint density at radius 2 is 1.74 bits per heavy atom. The number of hydrogen-bond donors (Lipinski definition) is 2. The molecule has 3 aromatic rings. The SMILES string of the molecule is CCOC(=O)N1CCN(C(=O)C(CCC(=O)O)NC(=O)c2cc(-n3cccn3)cc(-c3ccccc3)n2)CC1. The molecule has 2 aromatic heterocycles. The van der Waals surface area contributed by atoms with Gasteiger partial charge in [-0.25, -0.2) is 14.5 Å². The summed E-state index contributed by atoms with van der Waals surface area (Å²) >= 11 is 0. The highest BCUT2D eigenvalue weighted by molar-refractivity contribution is 5.97. The van der Waals surface area contributed by atoms with Crippen LogP contribution in [-0.4, -0.2) is 92.4 Å². The molecule has 1 aliphatic rings. The molecule has 3 heterocycles. The predicted molar refractivity (Wildman–Crippen MR) is 140 cm³/mol. The van der Waals surface area contributed by atoms with Crippen LogP contribution < -0.4 is 5.32 Å². The second-order valence-electron chi connectivity index (χ2n) is 8.88. The van der Waals surface area contributed by atoms with Crippen LogP contribution in [0.3, 0.4) is 0 Å². The lowest BCUT2D eigenvalue weighted by Crippen LogP contribution is -2.56. The largest absolute Gasteiger partial charge is 0.481 e. The van der Waals surface area contributed by atoms with Crippen molar-refractivity contribution in [2.24, 2.45) is 0 Å². The van der Waals surface area contributed by atoms with Gasteiger partial charge in [-0.2, -0.15) is 5.10 Å². The molecule has 0 saturated carbocycles. The molecule has 0 spiro atoms. The summed E-state index contributed by atoms with van der Waals surface area (Å²) in [5.41, 5.74) is 1.99. The molecule has 12 heteroatoms. The minimum atomic E-state index is -1.09. The van der Waals surface area contributed by atoms with Gasteiger partial charge in [0.2, 0.25) is 5.91 Å². The number of nitrogens with zero attached hydrogens (tertiary/aromatic N) is 5. The summed E-state index contributed by atoms with van der Waals surface area (Å²) in [4.78, 5) is 57.6. The molecule has 0 radical (unpaired) electrons. The van der Waals surface area contributed by atoms with E-state index in [2.05, 4.69) is 15.4 Å². The van der Waals surface area contributed by atoms with E-state index in [9.17, 15) is 24.3 Å². The molecule has 1 fully saturated rings. The van der Waals surface area contributed by atoms with E-state index in [0.717, 1.165) is 5.56 Å². The first-order valence-electron chi connectivity index (χ1n) is 12.7. The van der Waals surface area contributed by atoms with Crippen molar-refractivity contribution in [3.8, 4) is 16.9 Å². The second kappa shape index (κ2) is 12.7. The summed E-state index contributed by atoms with van der Waals surface area (Å²) in [5, 5.41) is 16.2. The number of pyridine rings is 1. The first kappa shape index (κ1) is 27.3. The van der Waals surface area contributed by atoms with Gasteiger partial charge in [-0.1, -0.05) is 30.3 Å². The summed E-state index contributed by atoms with van der Waals surface area (Å²) in [6, 6.07) is 13.4. The number of carbonyl (C=O) groups is 4. The molecule has 4 rings (SSSR count). The standard InChI is InChI=1S/C27H30N6O6/c1-2-39-27(38)32-15-13-31(14-16-32)26(37)21(9-10-24(34)35)30-25(36)23-18-20(33-12-6-11-28-33)17-22(29-23)19-7-4-3-5-8-19/h3-8,11-12,17-18,21H,2,9-10,13-16H2,1H3,(H,30,36)(H,34,35). The quantitative estimate of drug-likeness (QED) is 0.425. The number of aliphatic carboxylic acids is 1. The van der Waals surface area contributed by atoms with E-state index in [0.29, 0.717) is 11.4 Å². The number of hydrogen-bond acceptors (Lipinski definition) is 7. The molecule has 2 N–H and O–H groups in total. The first-order chi connectivity index (χ1) is 18.9. The van der Waals surface area contributed by atoms with E-state index < -0.39 is 29.9 Å². The topological polar surface area (TPSA) is 147 Å². The first-order valence-corrected chi connectivity index (χ1v) is 12.7. The van der Waals surface area contributed by atoms with Crippen LogP contribution in [0.2, 0.25) is 0 Å².